The summed E-state index contributed by atoms with van der Waals surface area (Å²) in [5.41, 5.74) is 2.81. The van der Waals surface area contributed by atoms with Gasteiger partial charge in [0.05, 0.1) is 0 Å². The summed E-state index contributed by atoms with van der Waals surface area (Å²) in [7, 11) is 0. The van der Waals surface area contributed by atoms with Crippen LogP contribution < -0.4 is 0 Å². The molecular weight excluding hydrogens is 459 g/mol. The fourth-order valence-electron chi connectivity index (χ4n) is 3.57. The number of nitrogens with zero attached hydrogens (tertiary/aromatic N) is 3. The molecule has 1 N–H and O–H groups in total. The molecule has 33 heavy (non-hydrogen) atoms. The Kier molecular flexibility index (Phi) is 7.62. The first-order chi connectivity index (χ1) is 15.4. The molecule has 1 atom stereocenters. The largest absolute Gasteiger partial charge is 0.423 e. The molecule has 0 spiro atoms. The molecule has 0 amide bonds. The Bertz CT molecular complexity index is 930. The minimum Gasteiger partial charge on any atom is -0.356 e. The van der Waals surface area contributed by atoms with Crippen LogP contribution in [0, 0.1) is 12.7 Å². The molecule has 3 rings (SSSR count). The molecule has 12 heteroatoms. The number of benzene rings is 1. The van der Waals surface area contributed by atoms with E-state index >= 15 is 0 Å². The van der Waals surface area contributed by atoms with Gasteiger partial charge in [0.15, 0.2) is 0 Å². The molecule has 1 unspecified atom stereocenters. The van der Waals surface area contributed by atoms with Crippen molar-refractivity contribution in [2.75, 3.05) is 26.2 Å². The molecule has 0 bridgehead atoms. The van der Waals surface area contributed by atoms with Gasteiger partial charge in [0.25, 0.3) is 6.10 Å². The van der Waals surface area contributed by atoms with Gasteiger partial charge in [-0.3, -0.25) is 14.8 Å². The zero-order valence-corrected chi connectivity index (χ0v) is 17.5. The van der Waals surface area contributed by atoms with Crippen molar-refractivity contribution >= 4 is 0 Å². The Morgan fingerprint density at radius 3 is 2.21 bits per heavy atom. The van der Waals surface area contributed by atoms with E-state index in [0.717, 1.165) is 16.0 Å². The van der Waals surface area contributed by atoms with Gasteiger partial charge in [0.2, 0.25) is 6.41 Å². The van der Waals surface area contributed by atoms with Gasteiger partial charge in [-0.25, -0.2) is 4.39 Å². The zero-order chi connectivity index (χ0) is 24.4. The average Bonchev–Trinajstić information content (AvgIpc) is 2.72. The highest BCUT2D eigenvalue weighted by Crippen LogP contribution is 2.36. The predicted molar refractivity (Wildman–Crippen MR) is 104 cm³/mol. The van der Waals surface area contributed by atoms with Gasteiger partial charge in [-0.05, 0) is 35.7 Å². The van der Waals surface area contributed by atoms with Crippen molar-refractivity contribution < 1.29 is 40.6 Å². The minimum absolute atomic E-state index is 0.0560. The molecule has 1 aliphatic rings. The highest BCUT2D eigenvalue weighted by atomic mass is 19.4. The number of hydrogen-bond donors (Lipinski definition) is 1. The summed E-state index contributed by atoms with van der Waals surface area (Å²) in [5.74, 6) is -0.437. The maximum Gasteiger partial charge on any atom is 0.423 e. The molecular formula is C21H22F7N3O2. The van der Waals surface area contributed by atoms with E-state index in [2.05, 4.69) is 9.72 Å². The number of aryl methyl sites for hydroxylation is 1. The second kappa shape index (κ2) is 9.92. The number of rotatable bonds is 6. The molecule has 2 aromatic rings. The quantitative estimate of drug-likeness (QED) is 0.498. The van der Waals surface area contributed by atoms with Gasteiger partial charge < -0.3 is 9.84 Å². The second-order valence-corrected chi connectivity index (χ2v) is 7.73. The van der Waals surface area contributed by atoms with Gasteiger partial charge in [-0.15, -0.1) is 0 Å². The lowest BCUT2D eigenvalue weighted by Gasteiger charge is -2.38. The number of aromatic nitrogens is 1. The Morgan fingerprint density at radius 1 is 1.03 bits per heavy atom. The maximum absolute atomic E-state index is 14.7. The van der Waals surface area contributed by atoms with Crippen LogP contribution >= 0.6 is 0 Å². The summed E-state index contributed by atoms with van der Waals surface area (Å²) < 4.78 is 94.3. The van der Waals surface area contributed by atoms with E-state index in [1.54, 1.807) is 35.5 Å². The third-order valence-corrected chi connectivity index (χ3v) is 5.35. The lowest BCUT2D eigenvalue weighted by atomic mass is 10.0. The van der Waals surface area contributed by atoms with Crippen LogP contribution in [0.4, 0.5) is 30.7 Å². The summed E-state index contributed by atoms with van der Waals surface area (Å²) in [5, 5.41) is 9.77. The Morgan fingerprint density at radius 2 is 1.67 bits per heavy atom. The van der Waals surface area contributed by atoms with Gasteiger partial charge in [0.1, 0.15) is 5.82 Å². The first kappa shape index (κ1) is 25.3. The number of aliphatic hydroxyl groups is 1. The van der Waals surface area contributed by atoms with Crippen molar-refractivity contribution in [3.8, 4) is 11.1 Å². The molecule has 0 saturated carbocycles. The van der Waals surface area contributed by atoms with Gasteiger partial charge in [-0.1, -0.05) is 12.1 Å². The smallest absolute Gasteiger partial charge is 0.356 e. The normalized spacial score (nSPS) is 17.5. The van der Waals surface area contributed by atoms with Crippen LogP contribution in [0.25, 0.3) is 11.1 Å². The van der Waals surface area contributed by atoms with Crippen LogP contribution in [-0.2, 0) is 11.3 Å². The second-order valence-electron chi connectivity index (χ2n) is 7.73. The van der Waals surface area contributed by atoms with Crippen LogP contribution in [-0.4, -0.2) is 70.9 Å². The van der Waals surface area contributed by atoms with Crippen LogP contribution in [0.2, 0.25) is 0 Å². The van der Waals surface area contributed by atoms with Crippen LogP contribution in [0.1, 0.15) is 11.1 Å². The Balaban J connectivity index is 1.58. The third kappa shape index (κ3) is 6.40. The van der Waals surface area contributed by atoms with Crippen molar-refractivity contribution in [1.82, 2.24) is 14.8 Å². The first-order valence-electron chi connectivity index (χ1n) is 9.99. The average molecular weight is 481 g/mol. The van der Waals surface area contributed by atoms with Crippen molar-refractivity contribution in [3.63, 3.8) is 0 Å². The highest BCUT2D eigenvalue weighted by Gasteiger charge is 2.59. The number of hydrogen-bond acceptors (Lipinski definition) is 5. The molecule has 182 valence electrons. The molecule has 1 saturated heterocycles. The molecule has 1 aliphatic heterocycles. The van der Waals surface area contributed by atoms with Crippen molar-refractivity contribution in [2.45, 2.75) is 38.3 Å². The number of pyridine rings is 1. The third-order valence-electron chi connectivity index (χ3n) is 5.35. The maximum atomic E-state index is 14.7. The highest BCUT2D eigenvalue weighted by molar-refractivity contribution is 5.66. The predicted octanol–water partition coefficient (Wildman–Crippen LogP) is 4.10. The zero-order valence-electron chi connectivity index (χ0n) is 17.5. The monoisotopic (exact) mass is 481 g/mol. The van der Waals surface area contributed by atoms with E-state index in [9.17, 15) is 35.8 Å². The molecule has 1 aromatic heterocycles. The first-order valence-corrected chi connectivity index (χ1v) is 9.99. The topological polar surface area (TPSA) is 48.8 Å². The van der Waals surface area contributed by atoms with Gasteiger partial charge in [0, 0.05) is 50.7 Å². The van der Waals surface area contributed by atoms with Crippen LogP contribution in [0.3, 0.4) is 0 Å². The molecule has 5 nitrogen and oxygen atoms in total. The summed E-state index contributed by atoms with van der Waals surface area (Å²) in [6.45, 7) is 2.32. The standard InChI is InChI=1S/C21H22F7N3O2/c1-13-11-29-5-4-16(13)14-2-3-15(17(22)10-14)12-30-6-8-31(9-7-30)19(32)33-18(20(23,24)25)21(26,27)28/h2-5,10-11,18-19,32H,6-9,12H2,1H3. The Labute approximate surface area is 185 Å². The number of alkyl halides is 6. The summed E-state index contributed by atoms with van der Waals surface area (Å²) in [6.07, 6.45) is -14.6. The number of ether oxygens (including phenoxy) is 1. The molecule has 1 fully saturated rings. The Hall–Kier alpha value is -2.28. The summed E-state index contributed by atoms with van der Waals surface area (Å²) in [6, 6.07) is 6.58. The molecule has 2 heterocycles. The fraction of sp³-hybridized carbons (Fsp3) is 0.476. The van der Waals surface area contributed by atoms with E-state index in [1.165, 1.54) is 6.07 Å². The van der Waals surface area contributed by atoms with Gasteiger partial charge in [-0.2, -0.15) is 26.3 Å². The van der Waals surface area contributed by atoms with E-state index in [0.29, 0.717) is 11.1 Å². The molecule has 0 aliphatic carbocycles. The number of aliphatic hydroxyl groups excluding tert-OH is 1. The van der Waals surface area contributed by atoms with Crippen molar-refractivity contribution in [1.29, 1.82) is 0 Å². The lowest BCUT2D eigenvalue weighted by Crippen LogP contribution is -2.54. The van der Waals surface area contributed by atoms with Crippen LogP contribution in [0.5, 0.6) is 0 Å². The number of piperazine rings is 1. The fourth-order valence-corrected chi connectivity index (χ4v) is 3.57. The molecule has 1 aromatic carbocycles. The SMILES string of the molecule is Cc1cnccc1-c1ccc(CN2CCN(C(O)OC(C(F)(F)F)C(F)(F)F)CC2)c(F)c1. The number of halogens is 7. The van der Waals surface area contributed by atoms with Crippen molar-refractivity contribution in [3.05, 3.63) is 53.6 Å². The van der Waals surface area contributed by atoms with E-state index in [4.69, 9.17) is 0 Å². The summed E-state index contributed by atoms with van der Waals surface area (Å²) in [4.78, 5) is 6.75. The minimum atomic E-state index is -5.71. The van der Waals surface area contributed by atoms with E-state index in [-0.39, 0.29) is 32.7 Å². The van der Waals surface area contributed by atoms with E-state index in [1.807, 2.05) is 6.92 Å². The van der Waals surface area contributed by atoms with Crippen molar-refractivity contribution in [2.24, 2.45) is 0 Å². The lowest BCUT2D eigenvalue weighted by molar-refractivity contribution is -0.367. The van der Waals surface area contributed by atoms with E-state index < -0.39 is 30.7 Å². The van der Waals surface area contributed by atoms with Crippen LogP contribution in [0.15, 0.2) is 36.7 Å². The van der Waals surface area contributed by atoms with Gasteiger partial charge >= 0.3 is 12.4 Å². The summed E-state index contributed by atoms with van der Waals surface area (Å²) >= 11 is 0. The molecule has 0 radical (unpaired) electrons.